The molecule has 5 heteroatoms. The number of para-hydroxylation sites is 1. The number of urea groups is 1. The number of carbonyl (C=O) groups excluding carboxylic acids is 1. The number of rotatable bonds is 3. The third-order valence-electron chi connectivity index (χ3n) is 3.97. The maximum absolute atomic E-state index is 12.0. The summed E-state index contributed by atoms with van der Waals surface area (Å²) in [5.74, 6) is 1.07. The summed E-state index contributed by atoms with van der Waals surface area (Å²) in [4.78, 5) is 13.7. The first-order valence-electron chi connectivity index (χ1n) is 7.40. The van der Waals surface area contributed by atoms with Crippen LogP contribution >= 0.6 is 0 Å². The zero-order valence-electron chi connectivity index (χ0n) is 12.7. The normalized spacial score (nSPS) is 23.0. The molecule has 0 aromatic heterocycles. The highest BCUT2D eigenvalue weighted by atomic mass is 16.5. The van der Waals surface area contributed by atoms with E-state index in [1.165, 1.54) is 0 Å². The van der Waals surface area contributed by atoms with Crippen LogP contribution in [0.5, 0.6) is 5.75 Å². The molecular formula is C16H21N3O2. The fraction of sp³-hybridized carbons (Fsp3) is 0.500. The standard InChI is InChI=1S/C16H21N3O2/c1-4-8-19-12(14(17)18-15(19)20)11-7-5-6-10-9-16(2,3)21-13(10)11/h5-7,12H,4,8-9H2,1-3H3,(H2,17,18,20). The van der Waals surface area contributed by atoms with Crippen molar-refractivity contribution in [2.45, 2.75) is 45.3 Å². The van der Waals surface area contributed by atoms with Crippen LogP contribution in [0.15, 0.2) is 18.2 Å². The van der Waals surface area contributed by atoms with Crippen LogP contribution in [0.2, 0.25) is 0 Å². The lowest BCUT2D eigenvalue weighted by Gasteiger charge is -2.25. The molecule has 0 radical (unpaired) electrons. The Hall–Kier alpha value is -2.04. The van der Waals surface area contributed by atoms with Gasteiger partial charge in [0.1, 0.15) is 23.2 Å². The Morgan fingerprint density at radius 1 is 1.48 bits per heavy atom. The SMILES string of the molecule is CCCN1C(=O)NC(=N)C1c1cccc2c1OC(C)(C)C2. The van der Waals surface area contributed by atoms with E-state index < -0.39 is 0 Å². The van der Waals surface area contributed by atoms with E-state index in [-0.39, 0.29) is 23.5 Å². The van der Waals surface area contributed by atoms with Gasteiger partial charge in [-0.2, -0.15) is 0 Å². The fourth-order valence-electron chi connectivity index (χ4n) is 3.18. The van der Waals surface area contributed by atoms with Crippen LogP contribution in [0.3, 0.4) is 0 Å². The van der Waals surface area contributed by atoms with E-state index in [0.29, 0.717) is 6.54 Å². The highest BCUT2D eigenvalue weighted by Gasteiger charge is 2.41. The lowest BCUT2D eigenvalue weighted by molar-refractivity contribution is 0.135. The summed E-state index contributed by atoms with van der Waals surface area (Å²) in [6.45, 7) is 6.78. The molecular weight excluding hydrogens is 266 g/mol. The Labute approximate surface area is 124 Å². The molecule has 112 valence electrons. The highest BCUT2D eigenvalue weighted by Crippen LogP contribution is 2.42. The number of nitrogens with one attached hydrogen (secondary N) is 2. The quantitative estimate of drug-likeness (QED) is 0.897. The molecule has 1 fully saturated rings. The lowest BCUT2D eigenvalue weighted by Crippen LogP contribution is -2.31. The van der Waals surface area contributed by atoms with Gasteiger partial charge in [-0.05, 0) is 25.8 Å². The van der Waals surface area contributed by atoms with E-state index in [9.17, 15) is 4.79 Å². The van der Waals surface area contributed by atoms with Crippen molar-refractivity contribution in [2.24, 2.45) is 0 Å². The first-order valence-corrected chi connectivity index (χ1v) is 7.40. The maximum Gasteiger partial charge on any atom is 0.323 e. The van der Waals surface area contributed by atoms with Crippen molar-refractivity contribution >= 4 is 11.9 Å². The average Bonchev–Trinajstić information content (AvgIpc) is 2.85. The minimum absolute atomic E-state index is 0.193. The van der Waals surface area contributed by atoms with Crippen molar-refractivity contribution in [1.29, 1.82) is 5.41 Å². The fourth-order valence-corrected chi connectivity index (χ4v) is 3.18. The van der Waals surface area contributed by atoms with Gasteiger partial charge in [-0.25, -0.2) is 4.79 Å². The van der Waals surface area contributed by atoms with Crippen molar-refractivity contribution < 1.29 is 9.53 Å². The number of nitrogens with zero attached hydrogens (tertiary/aromatic N) is 1. The van der Waals surface area contributed by atoms with Crippen LogP contribution in [-0.4, -0.2) is 28.9 Å². The number of carbonyl (C=O) groups is 1. The van der Waals surface area contributed by atoms with E-state index in [0.717, 1.165) is 29.7 Å². The van der Waals surface area contributed by atoms with Gasteiger partial charge < -0.3 is 9.64 Å². The van der Waals surface area contributed by atoms with Crippen molar-refractivity contribution in [3.05, 3.63) is 29.3 Å². The van der Waals surface area contributed by atoms with Gasteiger partial charge in [0.25, 0.3) is 0 Å². The lowest BCUT2D eigenvalue weighted by atomic mass is 9.97. The predicted octanol–water partition coefficient (Wildman–Crippen LogP) is 2.85. The summed E-state index contributed by atoms with van der Waals surface area (Å²) < 4.78 is 6.09. The Morgan fingerprint density at radius 2 is 2.24 bits per heavy atom. The van der Waals surface area contributed by atoms with Crippen LogP contribution in [0.25, 0.3) is 0 Å². The van der Waals surface area contributed by atoms with Crippen molar-refractivity contribution in [2.75, 3.05) is 6.54 Å². The number of hydrogen-bond donors (Lipinski definition) is 2. The van der Waals surface area contributed by atoms with E-state index >= 15 is 0 Å². The van der Waals surface area contributed by atoms with Crippen molar-refractivity contribution in [3.8, 4) is 5.75 Å². The van der Waals surface area contributed by atoms with Gasteiger partial charge in [0.05, 0.1) is 0 Å². The Kier molecular flexibility index (Phi) is 3.15. The minimum atomic E-state index is -0.360. The molecule has 21 heavy (non-hydrogen) atoms. The van der Waals surface area contributed by atoms with Crippen molar-refractivity contribution in [1.82, 2.24) is 10.2 Å². The second-order valence-electron chi connectivity index (χ2n) is 6.31. The van der Waals surface area contributed by atoms with Gasteiger partial charge in [0.15, 0.2) is 0 Å². The summed E-state index contributed by atoms with van der Waals surface area (Å²) in [6.07, 6.45) is 1.71. The molecule has 3 rings (SSSR count). The zero-order valence-corrected chi connectivity index (χ0v) is 12.7. The largest absolute Gasteiger partial charge is 0.487 e. The molecule has 1 saturated heterocycles. The summed E-state index contributed by atoms with van der Waals surface area (Å²) in [7, 11) is 0. The molecule has 2 aliphatic rings. The number of amides is 2. The molecule has 2 heterocycles. The van der Waals surface area contributed by atoms with Crippen LogP contribution in [0.1, 0.15) is 44.4 Å². The van der Waals surface area contributed by atoms with E-state index in [2.05, 4.69) is 25.2 Å². The first-order chi connectivity index (χ1) is 9.93. The molecule has 1 aromatic rings. The van der Waals surface area contributed by atoms with Crippen LogP contribution < -0.4 is 10.1 Å². The van der Waals surface area contributed by atoms with Crippen LogP contribution in [-0.2, 0) is 6.42 Å². The second-order valence-corrected chi connectivity index (χ2v) is 6.31. The smallest absolute Gasteiger partial charge is 0.323 e. The van der Waals surface area contributed by atoms with Gasteiger partial charge in [-0.1, -0.05) is 25.1 Å². The molecule has 1 aromatic carbocycles. The number of hydrogen-bond acceptors (Lipinski definition) is 3. The molecule has 0 aliphatic carbocycles. The van der Waals surface area contributed by atoms with E-state index in [1.54, 1.807) is 4.90 Å². The average molecular weight is 287 g/mol. The van der Waals surface area contributed by atoms with Gasteiger partial charge >= 0.3 is 6.03 Å². The Morgan fingerprint density at radius 3 is 2.95 bits per heavy atom. The van der Waals surface area contributed by atoms with Crippen molar-refractivity contribution in [3.63, 3.8) is 0 Å². The van der Waals surface area contributed by atoms with Gasteiger partial charge in [0, 0.05) is 18.5 Å². The number of ether oxygens (including phenoxy) is 1. The maximum atomic E-state index is 12.0. The number of fused-ring (bicyclic) bond motifs is 1. The Bertz CT molecular complexity index is 610. The molecule has 0 saturated carbocycles. The molecule has 2 aliphatic heterocycles. The van der Waals surface area contributed by atoms with Gasteiger partial charge in [0.2, 0.25) is 0 Å². The molecule has 2 amide bonds. The monoisotopic (exact) mass is 287 g/mol. The summed E-state index contributed by atoms with van der Waals surface area (Å²) in [5.41, 5.74) is 1.84. The predicted molar refractivity (Wildman–Crippen MR) is 80.8 cm³/mol. The molecule has 0 spiro atoms. The minimum Gasteiger partial charge on any atom is -0.487 e. The highest BCUT2D eigenvalue weighted by molar-refractivity contribution is 6.06. The molecule has 2 N–H and O–H groups in total. The molecule has 5 nitrogen and oxygen atoms in total. The zero-order chi connectivity index (χ0) is 15.2. The van der Waals surface area contributed by atoms with E-state index in [1.807, 2.05) is 19.1 Å². The molecule has 0 bridgehead atoms. The summed E-state index contributed by atoms with van der Waals surface area (Å²) >= 11 is 0. The number of benzene rings is 1. The van der Waals surface area contributed by atoms with Crippen LogP contribution in [0.4, 0.5) is 4.79 Å². The molecule has 1 unspecified atom stereocenters. The van der Waals surface area contributed by atoms with Gasteiger partial charge in [-0.15, -0.1) is 0 Å². The summed E-state index contributed by atoms with van der Waals surface area (Å²) in [5, 5.41) is 10.7. The topological polar surface area (TPSA) is 65.4 Å². The number of amidine groups is 1. The van der Waals surface area contributed by atoms with E-state index in [4.69, 9.17) is 10.1 Å². The third kappa shape index (κ3) is 2.26. The first kappa shape index (κ1) is 13.9. The molecule has 1 atom stereocenters. The van der Waals surface area contributed by atoms with Gasteiger partial charge in [-0.3, -0.25) is 10.7 Å². The Balaban J connectivity index is 2.03. The second kappa shape index (κ2) is 4.76. The van der Waals surface area contributed by atoms with Crippen LogP contribution in [0, 0.1) is 5.41 Å². The summed E-state index contributed by atoms with van der Waals surface area (Å²) in [6, 6.07) is 5.45. The third-order valence-corrected chi connectivity index (χ3v) is 3.97.